The van der Waals surface area contributed by atoms with E-state index < -0.39 is 15.9 Å². The smallest absolute Gasteiger partial charge is 0.267 e. The van der Waals surface area contributed by atoms with Gasteiger partial charge in [-0.25, -0.2) is 13.9 Å². The highest BCUT2D eigenvalue weighted by Gasteiger charge is 2.28. The molecule has 0 atom stereocenters. The number of hydrogen-bond donors (Lipinski definition) is 2. The number of nitrogens with zero attached hydrogens (tertiary/aromatic N) is 2. The summed E-state index contributed by atoms with van der Waals surface area (Å²) in [7, 11) is -2.03. The van der Waals surface area contributed by atoms with E-state index in [1.54, 1.807) is 19.2 Å². The minimum atomic E-state index is -3.65. The number of carbonyl (C=O) groups is 1. The highest BCUT2D eigenvalue weighted by Crippen LogP contribution is 2.24. The number of hydrogen-bond acceptors (Lipinski definition) is 6. The van der Waals surface area contributed by atoms with Gasteiger partial charge in [0.15, 0.2) is 0 Å². The first kappa shape index (κ1) is 20.8. The Bertz CT molecular complexity index is 999. The maximum absolute atomic E-state index is 13.0. The molecule has 2 aromatic carbocycles. The van der Waals surface area contributed by atoms with Crippen LogP contribution in [0.4, 0.5) is 5.69 Å². The van der Waals surface area contributed by atoms with Gasteiger partial charge in [-0.2, -0.15) is 4.31 Å². The number of nitrogens with one attached hydrogen (secondary N) is 1. The first-order valence-electron chi connectivity index (χ1n) is 9.05. The van der Waals surface area contributed by atoms with Gasteiger partial charge in [0.25, 0.3) is 5.91 Å². The lowest BCUT2D eigenvalue weighted by molar-refractivity contribution is -0.124. The Labute approximate surface area is 170 Å². The van der Waals surface area contributed by atoms with Crippen LogP contribution in [0.2, 0.25) is 0 Å². The number of hydroxylamine groups is 1. The van der Waals surface area contributed by atoms with Crippen molar-refractivity contribution in [2.45, 2.75) is 4.90 Å². The summed E-state index contributed by atoms with van der Waals surface area (Å²) < 4.78 is 32.8. The topological polar surface area (TPSA) is 99.2 Å². The number of benzene rings is 2. The Morgan fingerprint density at radius 3 is 2.52 bits per heavy atom. The predicted molar refractivity (Wildman–Crippen MR) is 109 cm³/mol. The molecular formula is C20H23N3O5S. The highest BCUT2D eigenvalue weighted by atomic mass is 32.2. The van der Waals surface area contributed by atoms with Crippen LogP contribution in [0.3, 0.4) is 0 Å². The standard InChI is InChI=1S/C20H23N3O5S/c1-28-18-6-3-5-17(15-18)22-10-12-23(13-11-22)29(26,27)19-7-2-4-16(14-19)8-9-20(24)21-25/h2-9,14-15,25H,10-13H2,1H3,(H,21,24)/b9-8+. The van der Waals surface area contributed by atoms with Crippen molar-refractivity contribution in [2.24, 2.45) is 0 Å². The largest absolute Gasteiger partial charge is 0.497 e. The van der Waals surface area contributed by atoms with Crippen molar-refractivity contribution in [1.29, 1.82) is 0 Å². The zero-order valence-corrected chi connectivity index (χ0v) is 16.8. The molecule has 0 bridgehead atoms. The number of piperazine rings is 1. The molecule has 1 aliphatic rings. The summed E-state index contributed by atoms with van der Waals surface area (Å²) in [4.78, 5) is 13.4. The van der Waals surface area contributed by atoms with E-state index in [0.717, 1.165) is 17.5 Å². The number of ether oxygens (including phenoxy) is 1. The van der Waals surface area contributed by atoms with Gasteiger partial charge < -0.3 is 9.64 Å². The minimum absolute atomic E-state index is 0.166. The number of sulfonamides is 1. The molecule has 2 aromatic rings. The number of methoxy groups -OCH3 is 1. The minimum Gasteiger partial charge on any atom is -0.497 e. The lowest BCUT2D eigenvalue weighted by atomic mass is 10.2. The number of anilines is 1. The average Bonchev–Trinajstić information content (AvgIpc) is 2.77. The molecule has 1 saturated heterocycles. The Morgan fingerprint density at radius 1 is 1.10 bits per heavy atom. The SMILES string of the molecule is COc1cccc(N2CCN(S(=O)(=O)c3cccc(/C=C/C(=O)NO)c3)CC2)c1. The molecule has 0 saturated carbocycles. The van der Waals surface area contributed by atoms with Gasteiger partial charge in [0, 0.05) is 44.0 Å². The molecular weight excluding hydrogens is 394 g/mol. The Balaban J connectivity index is 1.71. The molecule has 8 nitrogen and oxygen atoms in total. The third-order valence-electron chi connectivity index (χ3n) is 4.69. The zero-order chi connectivity index (χ0) is 20.9. The summed E-state index contributed by atoms with van der Waals surface area (Å²) >= 11 is 0. The van der Waals surface area contributed by atoms with Crippen molar-refractivity contribution in [3.63, 3.8) is 0 Å². The third-order valence-corrected chi connectivity index (χ3v) is 6.58. The number of amides is 1. The summed E-state index contributed by atoms with van der Waals surface area (Å²) in [5, 5.41) is 8.54. The molecule has 1 fully saturated rings. The summed E-state index contributed by atoms with van der Waals surface area (Å²) in [5.41, 5.74) is 3.03. The monoisotopic (exact) mass is 417 g/mol. The van der Waals surface area contributed by atoms with Crippen molar-refractivity contribution in [2.75, 3.05) is 38.2 Å². The lowest BCUT2D eigenvalue weighted by Crippen LogP contribution is -2.48. The van der Waals surface area contributed by atoms with E-state index in [-0.39, 0.29) is 4.90 Å². The van der Waals surface area contributed by atoms with Crippen LogP contribution in [0.15, 0.2) is 59.5 Å². The van der Waals surface area contributed by atoms with E-state index >= 15 is 0 Å². The highest BCUT2D eigenvalue weighted by molar-refractivity contribution is 7.89. The molecule has 29 heavy (non-hydrogen) atoms. The van der Waals surface area contributed by atoms with E-state index in [4.69, 9.17) is 9.94 Å². The van der Waals surface area contributed by atoms with Gasteiger partial charge in [0.1, 0.15) is 5.75 Å². The van der Waals surface area contributed by atoms with E-state index in [0.29, 0.717) is 31.7 Å². The average molecular weight is 417 g/mol. The maximum Gasteiger partial charge on any atom is 0.267 e. The fourth-order valence-corrected chi connectivity index (χ4v) is 4.61. The molecule has 1 aliphatic heterocycles. The molecule has 1 amide bonds. The van der Waals surface area contributed by atoms with Crippen LogP contribution in [0.25, 0.3) is 6.08 Å². The lowest BCUT2D eigenvalue weighted by Gasteiger charge is -2.35. The number of carbonyl (C=O) groups excluding carboxylic acids is 1. The van der Waals surface area contributed by atoms with Crippen molar-refractivity contribution in [1.82, 2.24) is 9.79 Å². The second kappa shape index (κ2) is 9.08. The second-order valence-corrected chi connectivity index (χ2v) is 8.41. The van der Waals surface area contributed by atoms with Gasteiger partial charge in [-0.05, 0) is 35.9 Å². The molecule has 9 heteroatoms. The van der Waals surface area contributed by atoms with E-state index in [2.05, 4.69) is 4.90 Å². The van der Waals surface area contributed by atoms with Gasteiger partial charge in [-0.15, -0.1) is 0 Å². The molecule has 0 aliphatic carbocycles. The third kappa shape index (κ3) is 4.94. The fourth-order valence-electron chi connectivity index (χ4n) is 3.13. The van der Waals surface area contributed by atoms with Crippen LogP contribution in [-0.2, 0) is 14.8 Å². The summed E-state index contributed by atoms with van der Waals surface area (Å²) in [5.74, 6) is 0.0734. The van der Waals surface area contributed by atoms with Crippen LogP contribution in [0.1, 0.15) is 5.56 Å². The summed E-state index contributed by atoms with van der Waals surface area (Å²) in [6.07, 6.45) is 2.56. The van der Waals surface area contributed by atoms with Crippen molar-refractivity contribution >= 4 is 27.7 Å². The molecule has 0 radical (unpaired) electrons. The fraction of sp³-hybridized carbons (Fsp3) is 0.250. The molecule has 3 rings (SSSR count). The van der Waals surface area contributed by atoms with Gasteiger partial charge in [0.2, 0.25) is 10.0 Å². The number of rotatable bonds is 6. The normalized spacial score (nSPS) is 15.4. The van der Waals surface area contributed by atoms with Gasteiger partial charge in [-0.1, -0.05) is 18.2 Å². The van der Waals surface area contributed by atoms with Crippen molar-refractivity contribution < 1.29 is 23.2 Å². The zero-order valence-electron chi connectivity index (χ0n) is 16.0. The summed E-state index contributed by atoms with van der Waals surface area (Å²) in [6, 6.07) is 14.0. The van der Waals surface area contributed by atoms with Crippen LogP contribution in [0, 0.1) is 0 Å². The quantitative estimate of drug-likeness (QED) is 0.422. The van der Waals surface area contributed by atoms with Crippen molar-refractivity contribution in [3.05, 3.63) is 60.2 Å². The first-order chi connectivity index (χ1) is 13.9. The summed E-state index contributed by atoms with van der Waals surface area (Å²) in [6.45, 7) is 1.88. The van der Waals surface area contributed by atoms with Gasteiger partial charge in [-0.3, -0.25) is 10.0 Å². The Hall–Kier alpha value is -2.88. The van der Waals surface area contributed by atoms with Crippen molar-refractivity contribution in [3.8, 4) is 5.75 Å². The second-order valence-electron chi connectivity index (χ2n) is 6.47. The van der Waals surface area contributed by atoms with E-state index in [9.17, 15) is 13.2 Å². The Morgan fingerprint density at radius 2 is 1.83 bits per heavy atom. The van der Waals surface area contributed by atoms with Gasteiger partial charge >= 0.3 is 0 Å². The Kier molecular flexibility index (Phi) is 6.53. The molecule has 154 valence electrons. The molecule has 0 spiro atoms. The van der Waals surface area contributed by atoms with E-state index in [1.807, 2.05) is 24.3 Å². The maximum atomic E-state index is 13.0. The first-order valence-corrected chi connectivity index (χ1v) is 10.5. The van der Waals surface area contributed by atoms with E-state index in [1.165, 1.54) is 28.0 Å². The molecule has 1 heterocycles. The predicted octanol–water partition coefficient (Wildman–Crippen LogP) is 1.72. The van der Waals surface area contributed by atoms with Gasteiger partial charge in [0.05, 0.1) is 12.0 Å². The molecule has 2 N–H and O–H groups in total. The van der Waals surface area contributed by atoms with Crippen LogP contribution >= 0.6 is 0 Å². The molecule has 0 aromatic heterocycles. The molecule has 0 unspecified atom stereocenters. The van der Waals surface area contributed by atoms with Crippen LogP contribution < -0.4 is 15.1 Å². The van der Waals surface area contributed by atoms with Crippen LogP contribution in [-0.4, -0.2) is 57.1 Å². The van der Waals surface area contributed by atoms with Crippen LogP contribution in [0.5, 0.6) is 5.75 Å².